The van der Waals surface area contributed by atoms with Gasteiger partial charge in [0, 0.05) is 10.7 Å². The van der Waals surface area contributed by atoms with E-state index < -0.39 is 0 Å². The minimum atomic E-state index is 0.474. The third-order valence-corrected chi connectivity index (χ3v) is 4.16. The van der Waals surface area contributed by atoms with Gasteiger partial charge in [0.05, 0.1) is 12.8 Å². The number of nitrogens with zero attached hydrogens (tertiary/aromatic N) is 2. The molecule has 3 rings (SSSR count). The van der Waals surface area contributed by atoms with Gasteiger partial charge in [-0.2, -0.15) is 5.10 Å². The highest BCUT2D eigenvalue weighted by molar-refractivity contribution is 9.10. The molecule has 0 aliphatic rings. The molecular formula is C21H20BrN3O2. The number of pyridine rings is 1. The van der Waals surface area contributed by atoms with Gasteiger partial charge in [0.2, 0.25) is 0 Å². The zero-order valence-corrected chi connectivity index (χ0v) is 16.5. The Kier molecular flexibility index (Phi) is 6.82. The first-order chi connectivity index (χ1) is 13.2. The van der Waals surface area contributed by atoms with E-state index in [4.69, 9.17) is 9.47 Å². The summed E-state index contributed by atoms with van der Waals surface area (Å²) in [5.41, 5.74) is 4.88. The van der Waals surface area contributed by atoms with Crippen LogP contribution in [0, 0.1) is 0 Å². The van der Waals surface area contributed by atoms with Crippen LogP contribution in [0.15, 0.2) is 76.4 Å². The highest BCUT2D eigenvalue weighted by Crippen LogP contribution is 2.29. The van der Waals surface area contributed by atoms with Crippen molar-refractivity contribution in [3.8, 4) is 11.5 Å². The molecule has 6 heteroatoms. The van der Waals surface area contributed by atoms with Crippen LogP contribution < -0.4 is 14.9 Å². The van der Waals surface area contributed by atoms with Crippen LogP contribution in [0.25, 0.3) is 0 Å². The first-order valence-corrected chi connectivity index (χ1v) is 9.38. The Bertz CT molecular complexity index is 884. The summed E-state index contributed by atoms with van der Waals surface area (Å²) in [6.07, 6.45) is 3.43. The molecule has 0 aliphatic carbocycles. The summed E-state index contributed by atoms with van der Waals surface area (Å²) in [6, 6.07) is 19.4. The lowest BCUT2D eigenvalue weighted by Gasteiger charge is -2.12. The Morgan fingerprint density at radius 3 is 2.63 bits per heavy atom. The third kappa shape index (κ3) is 5.82. The summed E-state index contributed by atoms with van der Waals surface area (Å²) < 4.78 is 12.7. The van der Waals surface area contributed by atoms with Crippen molar-refractivity contribution in [1.82, 2.24) is 4.98 Å². The molecule has 27 heavy (non-hydrogen) atoms. The van der Waals surface area contributed by atoms with Crippen LogP contribution >= 0.6 is 15.9 Å². The Labute approximate surface area is 167 Å². The average molecular weight is 426 g/mol. The largest absolute Gasteiger partial charge is 0.490 e. The molecule has 5 nitrogen and oxygen atoms in total. The monoisotopic (exact) mass is 425 g/mol. The zero-order valence-electron chi connectivity index (χ0n) is 14.9. The number of ether oxygens (including phenoxy) is 2. The van der Waals surface area contributed by atoms with Crippen LogP contribution in [0.3, 0.4) is 0 Å². The number of rotatable bonds is 8. The first-order valence-electron chi connectivity index (χ1n) is 8.59. The first kappa shape index (κ1) is 18.9. The molecule has 0 saturated carbocycles. The molecule has 138 valence electrons. The van der Waals surface area contributed by atoms with Gasteiger partial charge in [0.1, 0.15) is 12.4 Å². The number of hydrogen-bond acceptors (Lipinski definition) is 5. The van der Waals surface area contributed by atoms with Crippen molar-refractivity contribution in [3.63, 3.8) is 0 Å². The van der Waals surface area contributed by atoms with E-state index in [1.807, 2.05) is 67.6 Å². The quantitative estimate of drug-likeness (QED) is 0.394. The van der Waals surface area contributed by atoms with E-state index in [2.05, 4.69) is 31.4 Å². The van der Waals surface area contributed by atoms with E-state index in [0.717, 1.165) is 15.6 Å². The molecule has 3 aromatic rings. The van der Waals surface area contributed by atoms with Gasteiger partial charge >= 0.3 is 0 Å². The topological polar surface area (TPSA) is 55.7 Å². The second kappa shape index (κ2) is 9.73. The number of halogens is 1. The maximum atomic E-state index is 5.93. The van der Waals surface area contributed by atoms with E-state index in [1.165, 1.54) is 0 Å². The standard InChI is InChI=1S/C21H20BrN3O2/c1-2-26-20-13-17(14-24-25-21-5-3-4-12-23-21)8-11-19(20)27-15-16-6-9-18(22)10-7-16/h3-14H,2,15H2,1H3,(H,23,25)/b24-14+. The molecule has 0 bridgehead atoms. The van der Waals surface area contributed by atoms with Crippen molar-refractivity contribution in [3.05, 3.63) is 82.5 Å². The molecule has 0 aliphatic heterocycles. The summed E-state index contributed by atoms with van der Waals surface area (Å²) in [4.78, 5) is 4.16. The molecular weight excluding hydrogens is 406 g/mol. The van der Waals surface area contributed by atoms with Gasteiger partial charge in [0.25, 0.3) is 0 Å². The Morgan fingerprint density at radius 2 is 1.89 bits per heavy atom. The number of aromatic nitrogens is 1. The molecule has 0 amide bonds. The molecule has 1 heterocycles. The van der Waals surface area contributed by atoms with Crippen molar-refractivity contribution >= 4 is 28.0 Å². The van der Waals surface area contributed by atoms with Gasteiger partial charge < -0.3 is 9.47 Å². The van der Waals surface area contributed by atoms with Gasteiger partial charge in [0.15, 0.2) is 11.5 Å². The lowest BCUT2D eigenvalue weighted by Crippen LogP contribution is -2.00. The van der Waals surface area contributed by atoms with Gasteiger partial charge in [-0.3, -0.25) is 5.43 Å². The van der Waals surface area contributed by atoms with E-state index >= 15 is 0 Å². The molecule has 0 saturated heterocycles. The molecule has 1 N–H and O–H groups in total. The van der Waals surface area contributed by atoms with Crippen molar-refractivity contribution in [2.75, 3.05) is 12.0 Å². The van der Waals surface area contributed by atoms with Crippen LogP contribution in [-0.2, 0) is 6.61 Å². The normalized spacial score (nSPS) is 10.7. The molecule has 2 aromatic carbocycles. The van der Waals surface area contributed by atoms with Crippen LogP contribution in [0.5, 0.6) is 11.5 Å². The van der Waals surface area contributed by atoms with Crippen LogP contribution in [0.2, 0.25) is 0 Å². The predicted molar refractivity (Wildman–Crippen MR) is 112 cm³/mol. The highest BCUT2D eigenvalue weighted by Gasteiger charge is 2.06. The number of hydrazone groups is 1. The Hall–Kier alpha value is -2.86. The Morgan fingerprint density at radius 1 is 1.04 bits per heavy atom. The summed E-state index contributed by atoms with van der Waals surface area (Å²) in [5, 5.41) is 4.21. The van der Waals surface area contributed by atoms with Crippen molar-refractivity contribution in [2.24, 2.45) is 5.10 Å². The smallest absolute Gasteiger partial charge is 0.161 e. The van der Waals surface area contributed by atoms with Crippen LogP contribution in [0.4, 0.5) is 5.82 Å². The minimum Gasteiger partial charge on any atom is -0.490 e. The second-order valence-corrected chi connectivity index (χ2v) is 6.55. The van der Waals surface area contributed by atoms with E-state index in [-0.39, 0.29) is 0 Å². The molecule has 0 fully saturated rings. The van der Waals surface area contributed by atoms with Crippen molar-refractivity contribution < 1.29 is 9.47 Å². The zero-order chi connectivity index (χ0) is 18.9. The molecule has 0 atom stereocenters. The minimum absolute atomic E-state index is 0.474. The fourth-order valence-electron chi connectivity index (χ4n) is 2.34. The maximum absolute atomic E-state index is 5.93. The molecule has 0 radical (unpaired) electrons. The van der Waals surface area contributed by atoms with Gasteiger partial charge in [-0.05, 0) is 60.5 Å². The summed E-state index contributed by atoms with van der Waals surface area (Å²) in [5.74, 6) is 2.08. The second-order valence-electron chi connectivity index (χ2n) is 5.64. The lowest BCUT2D eigenvalue weighted by molar-refractivity contribution is 0.269. The lowest BCUT2D eigenvalue weighted by atomic mass is 10.2. The summed E-state index contributed by atoms with van der Waals surface area (Å²) in [7, 11) is 0. The van der Waals surface area contributed by atoms with E-state index in [9.17, 15) is 0 Å². The maximum Gasteiger partial charge on any atom is 0.161 e. The molecule has 1 aromatic heterocycles. The predicted octanol–water partition coefficient (Wildman–Crippen LogP) is 5.27. The van der Waals surface area contributed by atoms with Gasteiger partial charge in [-0.1, -0.05) is 34.1 Å². The van der Waals surface area contributed by atoms with Crippen LogP contribution in [0.1, 0.15) is 18.1 Å². The highest BCUT2D eigenvalue weighted by atomic mass is 79.9. The number of nitrogens with one attached hydrogen (secondary N) is 1. The SMILES string of the molecule is CCOc1cc(/C=N/Nc2ccccn2)ccc1OCc1ccc(Br)cc1. The van der Waals surface area contributed by atoms with E-state index in [1.54, 1.807) is 12.4 Å². The van der Waals surface area contributed by atoms with Gasteiger partial charge in [-0.25, -0.2) is 4.98 Å². The van der Waals surface area contributed by atoms with Crippen LogP contribution in [-0.4, -0.2) is 17.8 Å². The third-order valence-electron chi connectivity index (χ3n) is 3.63. The molecule has 0 spiro atoms. The number of anilines is 1. The number of benzene rings is 2. The number of hydrogen-bond donors (Lipinski definition) is 1. The summed E-state index contributed by atoms with van der Waals surface area (Å²) >= 11 is 3.43. The van der Waals surface area contributed by atoms with Crippen molar-refractivity contribution in [1.29, 1.82) is 0 Å². The van der Waals surface area contributed by atoms with E-state index in [0.29, 0.717) is 30.5 Å². The fraction of sp³-hybridized carbons (Fsp3) is 0.143. The molecule has 0 unspecified atom stereocenters. The van der Waals surface area contributed by atoms with Crippen molar-refractivity contribution in [2.45, 2.75) is 13.5 Å². The Balaban J connectivity index is 1.67. The van der Waals surface area contributed by atoms with Gasteiger partial charge in [-0.15, -0.1) is 0 Å². The average Bonchev–Trinajstić information content (AvgIpc) is 2.70. The summed E-state index contributed by atoms with van der Waals surface area (Å²) in [6.45, 7) is 2.98. The fourth-order valence-corrected chi connectivity index (χ4v) is 2.60.